The van der Waals surface area contributed by atoms with Gasteiger partial charge in [0, 0.05) is 29.9 Å². The van der Waals surface area contributed by atoms with Gasteiger partial charge in [0.2, 0.25) is 23.6 Å². The van der Waals surface area contributed by atoms with Crippen LogP contribution in [0.3, 0.4) is 0 Å². The summed E-state index contributed by atoms with van der Waals surface area (Å²) in [4.78, 5) is 83.5. The summed E-state index contributed by atoms with van der Waals surface area (Å²) in [5.74, 6) is -3.48. The molecule has 4 aromatic rings. The average Bonchev–Trinajstić information content (AvgIpc) is 3.57. The van der Waals surface area contributed by atoms with Gasteiger partial charge in [0.15, 0.2) is 0 Å². The number of benzene rings is 3. The fourth-order valence-corrected chi connectivity index (χ4v) is 6.22. The Bertz CT molecular complexity index is 1950. The molecule has 0 bridgehead atoms. The lowest BCUT2D eigenvalue weighted by molar-refractivity contribution is -0.147. The zero-order valence-corrected chi connectivity index (χ0v) is 32.8. The van der Waals surface area contributed by atoms with Crippen molar-refractivity contribution < 1.29 is 38.2 Å². The summed E-state index contributed by atoms with van der Waals surface area (Å²) >= 11 is 1.43. The van der Waals surface area contributed by atoms with Gasteiger partial charge in [-0.2, -0.15) is 11.8 Å². The molecule has 0 aliphatic carbocycles. The highest BCUT2D eigenvalue weighted by Gasteiger charge is 2.33. The first-order valence-corrected chi connectivity index (χ1v) is 19.6. The first kappa shape index (κ1) is 42.9. The Balaban J connectivity index is 1.56. The van der Waals surface area contributed by atoms with Crippen LogP contribution in [0.2, 0.25) is 0 Å². The van der Waals surface area contributed by atoms with Crippen molar-refractivity contribution in [1.82, 2.24) is 26.3 Å². The molecule has 0 fully saturated rings. The van der Waals surface area contributed by atoms with Gasteiger partial charge in [-0.1, -0.05) is 78.9 Å². The number of alkyl carbamates (subject to hydrolysis) is 1. The van der Waals surface area contributed by atoms with Gasteiger partial charge in [-0.15, -0.1) is 0 Å². The summed E-state index contributed by atoms with van der Waals surface area (Å²) in [6.07, 6.45) is 2.42. The van der Waals surface area contributed by atoms with Gasteiger partial charge in [-0.25, -0.2) is 4.79 Å². The van der Waals surface area contributed by atoms with Crippen LogP contribution in [0.25, 0.3) is 10.9 Å². The molecule has 0 aliphatic rings. The van der Waals surface area contributed by atoms with E-state index in [2.05, 4.69) is 26.3 Å². The fraction of sp³-hybridized carbons (Fsp3) is 0.366. The predicted octanol–water partition coefficient (Wildman–Crippen LogP) is 3.67. The van der Waals surface area contributed by atoms with Crippen molar-refractivity contribution in [3.8, 4) is 0 Å². The summed E-state index contributed by atoms with van der Waals surface area (Å²) in [7, 11) is 0. The van der Waals surface area contributed by atoms with Gasteiger partial charge in [-0.05, 0) is 62.0 Å². The second-order valence-corrected chi connectivity index (χ2v) is 15.2. The smallest absolute Gasteiger partial charge is 0.408 e. The number of carbonyl (C=O) groups excluding carboxylic acids is 6. The summed E-state index contributed by atoms with van der Waals surface area (Å²) in [5.41, 5.74) is 7.83. The molecule has 4 rings (SSSR count). The molecule has 0 spiro atoms. The second kappa shape index (κ2) is 20.7. The van der Waals surface area contributed by atoms with E-state index in [-0.39, 0.29) is 25.9 Å². The molecular formula is C41H50N6O8S. The van der Waals surface area contributed by atoms with Gasteiger partial charge >= 0.3 is 12.1 Å². The number of primary amides is 1. The third kappa shape index (κ3) is 13.8. The van der Waals surface area contributed by atoms with E-state index in [0.717, 1.165) is 22.0 Å². The number of rotatable bonds is 19. The number of fused-ring (bicyclic) bond motifs is 1. The van der Waals surface area contributed by atoms with Crippen molar-refractivity contribution >= 4 is 58.4 Å². The van der Waals surface area contributed by atoms with Crippen LogP contribution in [-0.2, 0) is 52.9 Å². The normalized spacial score (nSPS) is 13.4. The molecule has 15 heteroatoms. The quantitative estimate of drug-likeness (QED) is 0.0765. The van der Waals surface area contributed by atoms with Crippen molar-refractivity contribution in [2.75, 3.05) is 12.0 Å². The number of para-hydroxylation sites is 1. The molecule has 7 N–H and O–H groups in total. The van der Waals surface area contributed by atoms with Gasteiger partial charge in [0.25, 0.3) is 0 Å². The Kier molecular flexibility index (Phi) is 15.9. The van der Waals surface area contributed by atoms with Crippen molar-refractivity contribution in [1.29, 1.82) is 0 Å². The Morgan fingerprint density at radius 2 is 1.29 bits per heavy atom. The van der Waals surface area contributed by atoms with Gasteiger partial charge in [0.1, 0.15) is 36.4 Å². The summed E-state index contributed by atoms with van der Waals surface area (Å²) < 4.78 is 10.9. The van der Waals surface area contributed by atoms with Crippen LogP contribution in [0.5, 0.6) is 0 Å². The monoisotopic (exact) mass is 786 g/mol. The molecule has 0 saturated heterocycles. The number of carbonyl (C=O) groups is 6. The number of ether oxygens (including phenoxy) is 2. The Morgan fingerprint density at radius 3 is 1.93 bits per heavy atom. The lowest BCUT2D eigenvalue weighted by atomic mass is 10.0. The Hall–Kier alpha value is -5.83. The lowest BCUT2D eigenvalue weighted by Gasteiger charge is -2.27. The summed E-state index contributed by atoms with van der Waals surface area (Å²) in [5, 5.41) is 11.4. The third-order valence-corrected chi connectivity index (χ3v) is 9.18. The number of esters is 1. The molecule has 298 valence electrons. The molecule has 14 nitrogen and oxygen atoms in total. The zero-order chi connectivity index (χ0) is 40.7. The predicted molar refractivity (Wildman–Crippen MR) is 214 cm³/mol. The molecule has 56 heavy (non-hydrogen) atoms. The average molecular weight is 787 g/mol. The molecular weight excluding hydrogens is 737 g/mol. The Labute approximate surface area is 330 Å². The van der Waals surface area contributed by atoms with Crippen LogP contribution in [-0.4, -0.2) is 82.5 Å². The highest BCUT2D eigenvalue weighted by molar-refractivity contribution is 7.98. The molecule has 5 amide bonds. The number of thioether (sulfide) groups is 1. The molecule has 0 aliphatic heterocycles. The van der Waals surface area contributed by atoms with Gasteiger partial charge in [0.05, 0.1) is 6.42 Å². The maximum atomic E-state index is 14.0. The first-order valence-electron chi connectivity index (χ1n) is 18.2. The number of nitrogens with one attached hydrogen (secondary N) is 5. The number of hydrogen-bond acceptors (Lipinski definition) is 9. The van der Waals surface area contributed by atoms with E-state index < -0.39 is 71.9 Å². The van der Waals surface area contributed by atoms with E-state index in [1.165, 1.54) is 11.8 Å². The van der Waals surface area contributed by atoms with E-state index in [0.29, 0.717) is 11.3 Å². The first-order chi connectivity index (χ1) is 26.7. The van der Waals surface area contributed by atoms with E-state index in [1.807, 2.05) is 36.6 Å². The molecule has 0 radical (unpaired) electrons. The molecule has 0 unspecified atom stereocenters. The van der Waals surface area contributed by atoms with Crippen LogP contribution in [0.15, 0.2) is 91.1 Å². The molecule has 1 heterocycles. The van der Waals surface area contributed by atoms with Crippen LogP contribution in [0.1, 0.15) is 50.3 Å². The molecule has 0 saturated carbocycles. The van der Waals surface area contributed by atoms with E-state index in [4.69, 9.17) is 15.2 Å². The zero-order valence-electron chi connectivity index (χ0n) is 32.0. The topological polar surface area (TPSA) is 211 Å². The summed E-state index contributed by atoms with van der Waals surface area (Å²) in [6.45, 7) is 5.01. The minimum atomic E-state index is -1.51. The lowest BCUT2D eigenvalue weighted by Crippen LogP contribution is -2.59. The second-order valence-electron chi connectivity index (χ2n) is 14.2. The van der Waals surface area contributed by atoms with E-state index in [9.17, 15) is 28.8 Å². The third-order valence-electron chi connectivity index (χ3n) is 8.54. The van der Waals surface area contributed by atoms with Crippen LogP contribution >= 0.6 is 11.8 Å². The highest BCUT2D eigenvalue weighted by Crippen LogP contribution is 2.20. The fourth-order valence-electron chi connectivity index (χ4n) is 5.75. The van der Waals surface area contributed by atoms with Gasteiger partial charge in [-0.3, -0.25) is 24.0 Å². The summed E-state index contributed by atoms with van der Waals surface area (Å²) in [6, 6.07) is 20.3. The molecule has 1 aromatic heterocycles. The largest absolute Gasteiger partial charge is 0.461 e. The molecule has 4 atom stereocenters. The maximum absolute atomic E-state index is 14.0. The Morgan fingerprint density at radius 1 is 0.714 bits per heavy atom. The standard InChI is InChI=1S/C41H50N6O8S/c1-41(2,3)55-40(53)47-33(22-28-24-43-30-18-12-11-17-29(28)30)38(51)44-31(19-20-56-4)37(50)46-34(23-35(48)54-25-27-15-9-6-10-16-27)39(52)45-32(36(42)49)21-26-13-7-5-8-14-26/h5-18,24,31-34,43H,19-23,25H2,1-4H3,(H2,42,49)(H,44,51)(H,45,52)(H,46,50)(H,47,53)/t31-,32-,33-,34-/m0/s1. The minimum Gasteiger partial charge on any atom is -0.461 e. The number of H-pyrrole nitrogens is 1. The number of aromatic nitrogens is 1. The van der Waals surface area contributed by atoms with Crippen molar-refractivity contribution in [3.05, 3.63) is 108 Å². The van der Waals surface area contributed by atoms with Crippen LogP contribution in [0.4, 0.5) is 4.79 Å². The number of nitrogens with two attached hydrogens (primary N) is 1. The molecule has 3 aromatic carbocycles. The number of amides is 5. The van der Waals surface area contributed by atoms with Crippen LogP contribution < -0.4 is 27.0 Å². The van der Waals surface area contributed by atoms with Crippen molar-refractivity contribution in [3.63, 3.8) is 0 Å². The van der Waals surface area contributed by atoms with Crippen molar-refractivity contribution in [2.24, 2.45) is 5.73 Å². The SMILES string of the molecule is CSCC[C@H](NC(=O)[C@H](Cc1c[nH]c2ccccc12)NC(=O)OC(C)(C)C)C(=O)N[C@@H](CC(=O)OCc1ccccc1)C(=O)N[C@@H](Cc1ccccc1)C(N)=O. The van der Waals surface area contributed by atoms with E-state index in [1.54, 1.807) is 81.6 Å². The number of aromatic amines is 1. The minimum absolute atomic E-state index is 0.0557. The number of hydrogen-bond donors (Lipinski definition) is 6. The van der Waals surface area contributed by atoms with E-state index >= 15 is 0 Å². The highest BCUT2D eigenvalue weighted by atomic mass is 32.2. The van der Waals surface area contributed by atoms with Gasteiger partial charge < -0.3 is 41.5 Å². The van der Waals surface area contributed by atoms with Crippen molar-refractivity contribution in [2.45, 2.75) is 82.8 Å². The maximum Gasteiger partial charge on any atom is 0.408 e. The van der Waals surface area contributed by atoms with Crippen LogP contribution in [0, 0.1) is 0 Å².